The standard InChI is InChI=1S/C17H27N3O/c1-14(15-10-11-15)20(3)17(21)18-12-7-13-19(2)16-8-5-4-6-9-16/h4-6,8-9,14-15H,7,10-13H2,1-3H3,(H,18,21). The average molecular weight is 289 g/mol. The van der Waals surface area contributed by atoms with Crippen LogP contribution >= 0.6 is 0 Å². The highest BCUT2D eigenvalue weighted by Gasteiger charge is 2.32. The van der Waals surface area contributed by atoms with Gasteiger partial charge in [-0.2, -0.15) is 0 Å². The minimum Gasteiger partial charge on any atom is -0.375 e. The summed E-state index contributed by atoms with van der Waals surface area (Å²) in [5.74, 6) is 0.713. The molecule has 21 heavy (non-hydrogen) atoms. The van der Waals surface area contributed by atoms with Gasteiger partial charge in [-0.15, -0.1) is 0 Å². The van der Waals surface area contributed by atoms with Crippen molar-refractivity contribution in [1.29, 1.82) is 0 Å². The normalized spacial score (nSPS) is 15.4. The third-order valence-corrected chi connectivity index (χ3v) is 4.38. The Kier molecular flexibility index (Phi) is 5.48. The van der Waals surface area contributed by atoms with Crippen LogP contribution in [0.1, 0.15) is 26.2 Å². The van der Waals surface area contributed by atoms with Crippen molar-refractivity contribution in [2.24, 2.45) is 5.92 Å². The number of urea groups is 1. The maximum Gasteiger partial charge on any atom is 0.317 e. The monoisotopic (exact) mass is 289 g/mol. The fraction of sp³-hybridized carbons (Fsp3) is 0.588. The number of benzene rings is 1. The van der Waals surface area contributed by atoms with Crippen LogP contribution in [-0.4, -0.2) is 44.2 Å². The molecule has 2 amide bonds. The molecule has 1 unspecified atom stereocenters. The van der Waals surface area contributed by atoms with E-state index in [9.17, 15) is 4.79 Å². The van der Waals surface area contributed by atoms with Gasteiger partial charge in [0.2, 0.25) is 0 Å². The van der Waals surface area contributed by atoms with E-state index >= 15 is 0 Å². The Morgan fingerprint density at radius 3 is 2.57 bits per heavy atom. The van der Waals surface area contributed by atoms with Crippen molar-refractivity contribution >= 4 is 11.7 Å². The summed E-state index contributed by atoms with van der Waals surface area (Å²) in [7, 11) is 3.98. The maximum absolute atomic E-state index is 12.0. The molecule has 0 aromatic heterocycles. The molecule has 4 heteroatoms. The molecule has 1 aliphatic rings. The molecule has 1 aromatic carbocycles. The highest BCUT2D eigenvalue weighted by atomic mass is 16.2. The van der Waals surface area contributed by atoms with Crippen LogP contribution in [0.4, 0.5) is 10.5 Å². The summed E-state index contributed by atoms with van der Waals surface area (Å²) in [5, 5.41) is 3.01. The van der Waals surface area contributed by atoms with E-state index < -0.39 is 0 Å². The van der Waals surface area contributed by atoms with E-state index in [0.29, 0.717) is 12.0 Å². The van der Waals surface area contributed by atoms with Crippen LogP contribution in [0.5, 0.6) is 0 Å². The Balaban J connectivity index is 1.64. The zero-order valence-corrected chi connectivity index (χ0v) is 13.4. The largest absolute Gasteiger partial charge is 0.375 e. The van der Waals surface area contributed by atoms with Crippen molar-refractivity contribution in [1.82, 2.24) is 10.2 Å². The van der Waals surface area contributed by atoms with E-state index in [2.05, 4.69) is 36.3 Å². The van der Waals surface area contributed by atoms with Crippen molar-refractivity contribution in [3.63, 3.8) is 0 Å². The molecule has 1 aromatic rings. The highest BCUT2D eigenvalue weighted by molar-refractivity contribution is 5.74. The van der Waals surface area contributed by atoms with Gasteiger partial charge in [-0.3, -0.25) is 0 Å². The van der Waals surface area contributed by atoms with Gasteiger partial charge in [-0.1, -0.05) is 18.2 Å². The first-order valence-corrected chi connectivity index (χ1v) is 7.86. The van der Waals surface area contributed by atoms with Crippen LogP contribution in [0.15, 0.2) is 30.3 Å². The van der Waals surface area contributed by atoms with Gasteiger partial charge in [-0.05, 0) is 44.2 Å². The van der Waals surface area contributed by atoms with E-state index in [0.717, 1.165) is 19.5 Å². The fourth-order valence-corrected chi connectivity index (χ4v) is 2.53. The van der Waals surface area contributed by atoms with Gasteiger partial charge < -0.3 is 15.1 Å². The number of rotatable bonds is 7. The lowest BCUT2D eigenvalue weighted by Gasteiger charge is -2.25. The third-order valence-electron chi connectivity index (χ3n) is 4.38. The zero-order valence-electron chi connectivity index (χ0n) is 13.4. The Bertz CT molecular complexity index is 445. The molecule has 1 fully saturated rings. The second kappa shape index (κ2) is 7.34. The van der Waals surface area contributed by atoms with Crippen LogP contribution in [0.3, 0.4) is 0 Å². The SMILES string of the molecule is CC(C1CC1)N(C)C(=O)NCCCN(C)c1ccccc1. The Labute approximate surface area is 128 Å². The second-order valence-corrected chi connectivity index (χ2v) is 6.03. The van der Waals surface area contributed by atoms with E-state index in [1.807, 2.05) is 30.1 Å². The number of carbonyl (C=O) groups is 1. The van der Waals surface area contributed by atoms with E-state index in [1.54, 1.807) is 0 Å². The molecule has 1 N–H and O–H groups in total. The van der Waals surface area contributed by atoms with Gasteiger partial charge in [0.05, 0.1) is 0 Å². The summed E-state index contributed by atoms with van der Waals surface area (Å²) < 4.78 is 0. The number of amides is 2. The second-order valence-electron chi connectivity index (χ2n) is 6.03. The maximum atomic E-state index is 12.0. The van der Waals surface area contributed by atoms with Crippen LogP contribution < -0.4 is 10.2 Å². The minimum absolute atomic E-state index is 0.0526. The summed E-state index contributed by atoms with van der Waals surface area (Å²) in [4.78, 5) is 16.1. The molecule has 2 rings (SSSR count). The number of para-hydroxylation sites is 1. The molecule has 4 nitrogen and oxygen atoms in total. The van der Waals surface area contributed by atoms with E-state index in [4.69, 9.17) is 0 Å². The topological polar surface area (TPSA) is 35.6 Å². The van der Waals surface area contributed by atoms with Gasteiger partial charge in [-0.25, -0.2) is 4.79 Å². The number of nitrogens with one attached hydrogen (secondary N) is 1. The summed E-state index contributed by atoms with van der Waals surface area (Å²) in [6, 6.07) is 10.7. The lowest BCUT2D eigenvalue weighted by molar-refractivity contribution is 0.188. The molecule has 0 aliphatic heterocycles. The predicted molar refractivity (Wildman–Crippen MR) is 87.7 cm³/mol. The Morgan fingerprint density at radius 1 is 1.29 bits per heavy atom. The average Bonchev–Trinajstić information content (AvgIpc) is 3.35. The fourth-order valence-electron chi connectivity index (χ4n) is 2.53. The quantitative estimate of drug-likeness (QED) is 0.783. The van der Waals surface area contributed by atoms with Crippen LogP contribution in [0.2, 0.25) is 0 Å². The molecule has 116 valence electrons. The highest BCUT2D eigenvalue weighted by Crippen LogP contribution is 2.34. The molecule has 0 bridgehead atoms. The summed E-state index contributed by atoms with van der Waals surface area (Å²) in [6.07, 6.45) is 3.48. The van der Waals surface area contributed by atoms with Crippen molar-refractivity contribution in [3.05, 3.63) is 30.3 Å². The summed E-state index contributed by atoms with van der Waals surface area (Å²) >= 11 is 0. The van der Waals surface area contributed by atoms with Gasteiger partial charge in [0.1, 0.15) is 0 Å². The lowest BCUT2D eigenvalue weighted by atomic mass is 10.2. The molecular formula is C17H27N3O. The van der Waals surface area contributed by atoms with Crippen molar-refractivity contribution in [2.45, 2.75) is 32.2 Å². The van der Waals surface area contributed by atoms with Crippen molar-refractivity contribution in [3.8, 4) is 0 Å². The van der Waals surface area contributed by atoms with Crippen LogP contribution in [0, 0.1) is 5.92 Å². The van der Waals surface area contributed by atoms with Gasteiger partial charge >= 0.3 is 6.03 Å². The smallest absolute Gasteiger partial charge is 0.317 e. The summed E-state index contributed by atoms with van der Waals surface area (Å²) in [6.45, 7) is 3.80. The lowest BCUT2D eigenvalue weighted by Crippen LogP contribution is -2.43. The van der Waals surface area contributed by atoms with Gasteiger partial charge in [0.25, 0.3) is 0 Å². The molecule has 1 aliphatic carbocycles. The molecule has 1 saturated carbocycles. The number of hydrogen-bond donors (Lipinski definition) is 1. The Morgan fingerprint density at radius 2 is 1.95 bits per heavy atom. The molecule has 0 saturated heterocycles. The number of nitrogens with zero attached hydrogens (tertiary/aromatic N) is 2. The van der Waals surface area contributed by atoms with Crippen molar-refractivity contribution in [2.75, 3.05) is 32.1 Å². The predicted octanol–water partition coefficient (Wildman–Crippen LogP) is 2.95. The molecular weight excluding hydrogens is 262 g/mol. The molecule has 1 atom stereocenters. The van der Waals surface area contributed by atoms with E-state index in [-0.39, 0.29) is 6.03 Å². The van der Waals surface area contributed by atoms with Gasteiger partial charge in [0.15, 0.2) is 0 Å². The number of hydrogen-bond acceptors (Lipinski definition) is 2. The van der Waals surface area contributed by atoms with E-state index in [1.165, 1.54) is 18.5 Å². The zero-order chi connectivity index (χ0) is 15.2. The molecule has 0 heterocycles. The van der Waals surface area contributed by atoms with Crippen molar-refractivity contribution < 1.29 is 4.79 Å². The van der Waals surface area contributed by atoms with Crippen LogP contribution in [0.25, 0.3) is 0 Å². The summed E-state index contributed by atoms with van der Waals surface area (Å²) in [5.41, 5.74) is 1.21. The first-order chi connectivity index (χ1) is 10.1. The number of anilines is 1. The Hall–Kier alpha value is -1.71. The van der Waals surface area contributed by atoms with Gasteiger partial charge in [0, 0.05) is 38.9 Å². The van der Waals surface area contributed by atoms with Crippen LogP contribution in [-0.2, 0) is 0 Å². The third kappa shape index (κ3) is 4.66. The molecule has 0 radical (unpaired) electrons. The molecule has 0 spiro atoms. The minimum atomic E-state index is 0.0526. The first-order valence-electron chi connectivity index (χ1n) is 7.86. The first kappa shape index (κ1) is 15.7. The number of carbonyl (C=O) groups excluding carboxylic acids is 1.